The maximum atomic E-state index is 12.6. The van der Waals surface area contributed by atoms with Crippen LogP contribution in [-0.2, 0) is 0 Å². The Morgan fingerprint density at radius 2 is 2.04 bits per heavy atom. The lowest BCUT2D eigenvalue weighted by molar-refractivity contribution is 0.0984. The molecule has 1 aliphatic rings. The van der Waals surface area contributed by atoms with Gasteiger partial charge in [-0.1, -0.05) is 5.16 Å². The van der Waals surface area contributed by atoms with E-state index in [-0.39, 0.29) is 11.9 Å². The summed E-state index contributed by atoms with van der Waals surface area (Å²) in [5.74, 6) is -0.191. The van der Waals surface area contributed by atoms with Crippen molar-refractivity contribution in [3.05, 3.63) is 41.3 Å². The minimum Gasteiger partial charge on any atom is -0.489 e. The SMILES string of the molecule is CC(C)Oc1cc(C(N)=O)ccc1NC(=O)c1cc(C2CCNCC2)no1. The summed E-state index contributed by atoms with van der Waals surface area (Å²) in [7, 11) is 0. The van der Waals surface area contributed by atoms with Crippen LogP contribution in [-0.4, -0.2) is 36.2 Å². The first-order valence-electron chi connectivity index (χ1n) is 9.03. The summed E-state index contributed by atoms with van der Waals surface area (Å²) in [6.07, 6.45) is 1.80. The van der Waals surface area contributed by atoms with Crippen LogP contribution in [0.3, 0.4) is 0 Å². The van der Waals surface area contributed by atoms with Gasteiger partial charge in [0.05, 0.1) is 17.5 Å². The van der Waals surface area contributed by atoms with Gasteiger partial charge in [0.1, 0.15) is 5.75 Å². The molecule has 1 aromatic heterocycles. The number of primary amides is 1. The average Bonchev–Trinajstić information content (AvgIpc) is 3.13. The zero-order valence-corrected chi connectivity index (χ0v) is 15.5. The van der Waals surface area contributed by atoms with Crippen molar-refractivity contribution in [2.45, 2.75) is 38.7 Å². The van der Waals surface area contributed by atoms with Crippen LogP contribution in [0.25, 0.3) is 0 Å². The normalized spacial score (nSPS) is 14.9. The molecular formula is C19H24N4O4. The number of amides is 2. The highest BCUT2D eigenvalue weighted by atomic mass is 16.5. The molecule has 144 valence electrons. The monoisotopic (exact) mass is 372 g/mol. The molecule has 2 heterocycles. The van der Waals surface area contributed by atoms with Crippen molar-refractivity contribution in [3.63, 3.8) is 0 Å². The molecule has 1 aromatic carbocycles. The Morgan fingerprint density at radius 3 is 2.70 bits per heavy atom. The second-order valence-electron chi connectivity index (χ2n) is 6.84. The highest BCUT2D eigenvalue weighted by Gasteiger charge is 2.22. The number of anilines is 1. The molecule has 1 aliphatic heterocycles. The number of nitrogens with zero attached hydrogens (tertiary/aromatic N) is 1. The van der Waals surface area contributed by atoms with Crippen molar-refractivity contribution in [1.82, 2.24) is 10.5 Å². The summed E-state index contributed by atoms with van der Waals surface area (Å²) < 4.78 is 10.9. The Kier molecular flexibility index (Phi) is 5.75. The molecule has 27 heavy (non-hydrogen) atoms. The quantitative estimate of drug-likeness (QED) is 0.716. The van der Waals surface area contributed by atoms with E-state index in [4.69, 9.17) is 15.0 Å². The molecule has 3 rings (SSSR count). The fourth-order valence-corrected chi connectivity index (χ4v) is 3.02. The molecule has 4 N–H and O–H groups in total. The van der Waals surface area contributed by atoms with Gasteiger partial charge in [0.15, 0.2) is 0 Å². The van der Waals surface area contributed by atoms with Crippen LogP contribution in [0.2, 0.25) is 0 Å². The van der Waals surface area contributed by atoms with Crippen LogP contribution in [0.5, 0.6) is 5.75 Å². The van der Waals surface area contributed by atoms with Crippen molar-refractivity contribution in [2.75, 3.05) is 18.4 Å². The summed E-state index contributed by atoms with van der Waals surface area (Å²) in [5.41, 5.74) is 6.85. The van der Waals surface area contributed by atoms with Gasteiger partial charge in [-0.3, -0.25) is 9.59 Å². The molecule has 0 atom stereocenters. The van der Waals surface area contributed by atoms with Crippen LogP contribution >= 0.6 is 0 Å². The van der Waals surface area contributed by atoms with Crippen molar-refractivity contribution in [3.8, 4) is 5.75 Å². The number of carbonyl (C=O) groups is 2. The van der Waals surface area contributed by atoms with Crippen LogP contribution in [0.1, 0.15) is 59.2 Å². The minimum atomic E-state index is -0.566. The Labute approximate surface area is 157 Å². The maximum Gasteiger partial charge on any atom is 0.294 e. The largest absolute Gasteiger partial charge is 0.489 e. The second kappa shape index (κ2) is 8.22. The number of nitrogens with one attached hydrogen (secondary N) is 2. The van der Waals surface area contributed by atoms with E-state index in [1.54, 1.807) is 12.1 Å². The molecular weight excluding hydrogens is 348 g/mol. The lowest BCUT2D eigenvalue weighted by atomic mass is 9.94. The second-order valence-corrected chi connectivity index (χ2v) is 6.84. The standard InChI is InChI=1S/C19H24N4O4/c1-11(2)26-16-9-13(18(20)24)3-4-14(16)22-19(25)17-10-15(23-27-17)12-5-7-21-8-6-12/h3-4,9-12,21H,5-8H2,1-2H3,(H2,20,24)(H,22,25). The summed E-state index contributed by atoms with van der Waals surface area (Å²) in [5, 5.41) is 10.1. The van der Waals surface area contributed by atoms with Crippen molar-refractivity contribution < 1.29 is 18.8 Å². The van der Waals surface area contributed by atoms with E-state index >= 15 is 0 Å². The molecule has 1 fully saturated rings. The average molecular weight is 372 g/mol. The molecule has 2 amide bonds. The third-order valence-electron chi connectivity index (χ3n) is 4.39. The Hall–Kier alpha value is -2.87. The number of carbonyl (C=O) groups excluding carboxylic acids is 2. The van der Waals surface area contributed by atoms with E-state index in [1.807, 2.05) is 13.8 Å². The Bertz CT molecular complexity index is 825. The Balaban J connectivity index is 1.77. The highest BCUT2D eigenvalue weighted by Crippen LogP contribution is 2.29. The summed E-state index contributed by atoms with van der Waals surface area (Å²) >= 11 is 0. The third-order valence-corrected chi connectivity index (χ3v) is 4.39. The lowest BCUT2D eigenvalue weighted by Gasteiger charge is -2.19. The number of ether oxygens (including phenoxy) is 1. The van der Waals surface area contributed by atoms with Gasteiger partial charge < -0.3 is 25.6 Å². The summed E-state index contributed by atoms with van der Waals surface area (Å²) in [6, 6.07) is 6.32. The number of aromatic nitrogens is 1. The minimum absolute atomic E-state index is 0.137. The first kappa shape index (κ1) is 18.9. The molecule has 0 radical (unpaired) electrons. The smallest absolute Gasteiger partial charge is 0.294 e. The summed E-state index contributed by atoms with van der Waals surface area (Å²) in [4.78, 5) is 24.0. The highest BCUT2D eigenvalue weighted by molar-refractivity contribution is 6.03. The third kappa shape index (κ3) is 4.65. The molecule has 0 spiro atoms. The number of nitrogens with two attached hydrogens (primary N) is 1. The molecule has 2 aromatic rings. The van der Waals surface area contributed by atoms with E-state index in [2.05, 4.69) is 15.8 Å². The van der Waals surface area contributed by atoms with E-state index in [9.17, 15) is 9.59 Å². The molecule has 8 nitrogen and oxygen atoms in total. The topological polar surface area (TPSA) is 119 Å². The predicted molar refractivity (Wildman–Crippen MR) is 100 cm³/mol. The van der Waals surface area contributed by atoms with Gasteiger partial charge in [-0.15, -0.1) is 0 Å². The van der Waals surface area contributed by atoms with Gasteiger partial charge >= 0.3 is 0 Å². The molecule has 1 saturated heterocycles. The summed E-state index contributed by atoms with van der Waals surface area (Å²) in [6.45, 7) is 5.57. The fourth-order valence-electron chi connectivity index (χ4n) is 3.02. The lowest BCUT2D eigenvalue weighted by Crippen LogP contribution is -2.26. The predicted octanol–water partition coefficient (Wildman–Crippen LogP) is 2.28. The van der Waals surface area contributed by atoms with E-state index in [1.165, 1.54) is 12.1 Å². The van der Waals surface area contributed by atoms with Gasteiger partial charge in [0.2, 0.25) is 11.7 Å². The zero-order chi connectivity index (χ0) is 19.4. The Morgan fingerprint density at radius 1 is 1.30 bits per heavy atom. The van der Waals surface area contributed by atoms with Crippen molar-refractivity contribution >= 4 is 17.5 Å². The number of piperidine rings is 1. The van der Waals surface area contributed by atoms with Crippen LogP contribution in [0.15, 0.2) is 28.8 Å². The van der Waals surface area contributed by atoms with Crippen LogP contribution in [0.4, 0.5) is 5.69 Å². The first-order chi connectivity index (χ1) is 12.9. The number of hydrogen-bond acceptors (Lipinski definition) is 6. The molecule has 0 unspecified atom stereocenters. The van der Waals surface area contributed by atoms with E-state index in [0.717, 1.165) is 31.6 Å². The number of hydrogen-bond donors (Lipinski definition) is 3. The maximum absolute atomic E-state index is 12.6. The van der Waals surface area contributed by atoms with Crippen molar-refractivity contribution in [2.24, 2.45) is 5.73 Å². The molecule has 0 aliphatic carbocycles. The van der Waals surface area contributed by atoms with Crippen LogP contribution in [0, 0.1) is 0 Å². The number of benzene rings is 1. The number of rotatable bonds is 6. The van der Waals surface area contributed by atoms with Crippen molar-refractivity contribution in [1.29, 1.82) is 0 Å². The van der Waals surface area contributed by atoms with Gasteiger partial charge in [-0.25, -0.2) is 0 Å². The van der Waals surface area contributed by atoms with Gasteiger partial charge in [-0.2, -0.15) is 0 Å². The molecule has 0 saturated carbocycles. The van der Waals surface area contributed by atoms with Gasteiger partial charge in [0, 0.05) is 17.5 Å². The zero-order valence-electron chi connectivity index (χ0n) is 15.5. The molecule has 0 bridgehead atoms. The fraction of sp³-hybridized carbons (Fsp3) is 0.421. The van der Waals surface area contributed by atoms with Gasteiger partial charge in [0.25, 0.3) is 5.91 Å². The molecule has 8 heteroatoms. The van der Waals surface area contributed by atoms with Crippen LogP contribution < -0.4 is 21.1 Å². The van der Waals surface area contributed by atoms with Gasteiger partial charge in [-0.05, 0) is 58.0 Å². The first-order valence-corrected chi connectivity index (χ1v) is 9.03. The van der Waals surface area contributed by atoms with E-state index < -0.39 is 11.8 Å². The van der Waals surface area contributed by atoms with E-state index in [0.29, 0.717) is 22.9 Å².